The molecule has 0 aliphatic heterocycles. The zero-order chi connectivity index (χ0) is 17.3. The Bertz CT molecular complexity index is 902. The Balaban J connectivity index is 2.02. The van der Waals surface area contributed by atoms with Crippen LogP contribution in [0.3, 0.4) is 0 Å². The van der Waals surface area contributed by atoms with Crippen molar-refractivity contribution in [3.8, 4) is 5.88 Å². The van der Waals surface area contributed by atoms with Gasteiger partial charge in [-0.25, -0.2) is 13.4 Å². The molecule has 2 aromatic rings. The smallest absolute Gasteiger partial charge is 0.232 e. The molecule has 126 valence electrons. The monoisotopic (exact) mass is 363 g/mol. The third kappa shape index (κ3) is 3.32. The molecule has 1 aromatic heterocycles. The number of ether oxygens (including phenoxy) is 1. The molecule has 0 radical (unpaired) electrons. The molecule has 0 saturated heterocycles. The van der Waals surface area contributed by atoms with E-state index in [0.717, 1.165) is 30.4 Å². The Kier molecular flexibility index (Phi) is 4.65. The van der Waals surface area contributed by atoms with Crippen LogP contribution < -0.4 is 4.74 Å². The largest absolute Gasteiger partial charge is 0.480 e. The molecule has 0 fully saturated rings. The minimum Gasteiger partial charge on any atom is -0.480 e. The van der Waals surface area contributed by atoms with E-state index in [-0.39, 0.29) is 0 Å². The van der Waals surface area contributed by atoms with Crippen molar-refractivity contribution < 1.29 is 13.2 Å². The molecule has 1 aliphatic rings. The number of benzene rings is 1. The predicted molar refractivity (Wildman–Crippen MR) is 96.0 cm³/mol. The molecule has 1 aromatic carbocycles. The summed E-state index contributed by atoms with van der Waals surface area (Å²) in [6.45, 7) is 0. The molecule has 0 amide bonds. The van der Waals surface area contributed by atoms with E-state index in [4.69, 9.17) is 16.3 Å². The SMILES string of the molecule is COc1ncc(C2=C(c3ccc(S(C)(=O)=O)cc3)CCC2)cc1Cl. The molecular weight excluding hydrogens is 346 g/mol. The van der Waals surface area contributed by atoms with Gasteiger partial charge in [-0.2, -0.15) is 0 Å². The van der Waals surface area contributed by atoms with E-state index in [2.05, 4.69) is 4.98 Å². The van der Waals surface area contributed by atoms with Crippen LogP contribution in [-0.2, 0) is 9.84 Å². The van der Waals surface area contributed by atoms with Crippen LogP contribution in [0.25, 0.3) is 11.1 Å². The Hall–Kier alpha value is -1.85. The van der Waals surface area contributed by atoms with Crippen molar-refractivity contribution in [3.63, 3.8) is 0 Å². The zero-order valence-corrected chi connectivity index (χ0v) is 15.1. The van der Waals surface area contributed by atoms with Crippen LogP contribution in [0.15, 0.2) is 41.4 Å². The number of halogens is 1. The van der Waals surface area contributed by atoms with E-state index in [1.54, 1.807) is 18.3 Å². The number of rotatable bonds is 4. The van der Waals surface area contributed by atoms with Crippen LogP contribution in [0, 0.1) is 0 Å². The molecule has 24 heavy (non-hydrogen) atoms. The standard InChI is InChI=1S/C18H18ClNO3S/c1-23-18-17(19)10-13(11-20-18)16-5-3-4-15(16)12-6-8-14(9-7-12)24(2,21)22/h6-11H,3-5H2,1-2H3. The molecule has 0 atom stereocenters. The van der Waals surface area contributed by atoms with E-state index in [9.17, 15) is 8.42 Å². The molecule has 3 rings (SSSR count). The summed E-state index contributed by atoms with van der Waals surface area (Å²) < 4.78 is 28.3. The van der Waals surface area contributed by atoms with Crippen molar-refractivity contribution in [2.75, 3.05) is 13.4 Å². The van der Waals surface area contributed by atoms with Gasteiger partial charge in [-0.05, 0) is 59.7 Å². The first kappa shape index (κ1) is 17.0. The summed E-state index contributed by atoms with van der Waals surface area (Å²) in [7, 11) is -1.64. The molecule has 0 saturated carbocycles. The second kappa shape index (κ2) is 6.57. The maximum Gasteiger partial charge on any atom is 0.232 e. The van der Waals surface area contributed by atoms with Gasteiger partial charge in [0.05, 0.1) is 12.0 Å². The summed E-state index contributed by atoms with van der Waals surface area (Å²) in [4.78, 5) is 4.58. The lowest BCUT2D eigenvalue weighted by Crippen LogP contribution is -1.97. The van der Waals surface area contributed by atoms with Gasteiger partial charge in [0.2, 0.25) is 5.88 Å². The van der Waals surface area contributed by atoms with Gasteiger partial charge >= 0.3 is 0 Å². The number of allylic oxidation sites excluding steroid dienone is 2. The van der Waals surface area contributed by atoms with Crippen molar-refractivity contribution in [1.29, 1.82) is 0 Å². The molecule has 1 aliphatic carbocycles. The van der Waals surface area contributed by atoms with Crippen LogP contribution in [0.4, 0.5) is 0 Å². The van der Waals surface area contributed by atoms with Gasteiger partial charge in [-0.3, -0.25) is 0 Å². The Labute approximate surface area is 147 Å². The molecule has 0 spiro atoms. The van der Waals surface area contributed by atoms with E-state index >= 15 is 0 Å². The van der Waals surface area contributed by atoms with Crippen molar-refractivity contribution in [1.82, 2.24) is 4.98 Å². The van der Waals surface area contributed by atoms with E-state index in [1.165, 1.54) is 24.5 Å². The summed E-state index contributed by atoms with van der Waals surface area (Å²) in [6, 6.07) is 8.93. The first-order valence-corrected chi connectivity index (χ1v) is 9.89. The van der Waals surface area contributed by atoms with E-state index < -0.39 is 9.84 Å². The van der Waals surface area contributed by atoms with Crippen LogP contribution in [0.1, 0.15) is 30.4 Å². The van der Waals surface area contributed by atoms with Gasteiger partial charge in [0.15, 0.2) is 9.84 Å². The zero-order valence-electron chi connectivity index (χ0n) is 13.5. The van der Waals surface area contributed by atoms with Crippen LogP contribution in [0.2, 0.25) is 5.02 Å². The Morgan fingerprint density at radius 3 is 2.25 bits per heavy atom. The first-order chi connectivity index (χ1) is 11.4. The molecule has 0 N–H and O–H groups in total. The molecule has 0 unspecified atom stereocenters. The second-order valence-electron chi connectivity index (χ2n) is 5.82. The van der Waals surface area contributed by atoms with E-state index in [1.807, 2.05) is 18.2 Å². The number of aromatic nitrogens is 1. The number of hydrogen-bond donors (Lipinski definition) is 0. The minimum atomic E-state index is -3.18. The molecule has 6 heteroatoms. The van der Waals surface area contributed by atoms with Gasteiger partial charge in [-0.1, -0.05) is 23.7 Å². The molecule has 4 nitrogen and oxygen atoms in total. The summed E-state index contributed by atoms with van der Waals surface area (Å²) in [5.41, 5.74) is 4.46. The lowest BCUT2D eigenvalue weighted by atomic mass is 9.98. The third-order valence-corrected chi connectivity index (χ3v) is 5.60. The fourth-order valence-electron chi connectivity index (χ4n) is 3.02. The topological polar surface area (TPSA) is 56.3 Å². The summed E-state index contributed by atoms with van der Waals surface area (Å²) in [5, 5.41) is 0.487. The lowest BCUT2D eigenvalue weighted by molar-refractivity contribution is 0.398. The fourth-order valence-corrected chi connectivity index (χ4v) is 3.90. The van der Waals surface area contributed by atoms with Gasteiger partial charge in [0, 0.05) is 12.5 Å². The highest BCUT2D eigenvalue weighted by Crippen LogP contribution is 2.40. The van der Waals surface area contributed by atoms with Gasteiger partial charge < -0.3 is 4.74 Å². The highest BCUT2D eigenvalue weighted by Gasteiger charge is 2.19. The molecule has 1 heterocycles. The second-order valence-corrected chi connectivity index (χ2v) is 8.25. The fraction of sp³-hybridized carbons (Fsp3) is 0.278. The van der Waals surface area contributed by atoms with Gasteiger partial charge in [0.25, 0.3) is 0 Å². The highest BCUT2D eigenvalue weighted by atomic mass is 35.5. The van der Waals surface area contributed by atoms with Crippen molar-refractivity contribution in [2.45, 2.75) is 24.2 Å². The lowest BCUT2D eigenvalue weighted by Gasteiger charge is -2.10. The van der Waals surface area contributed by atoms with Crippen LogP contribution in [-0.4, -0.2) is 26.8 Å². The van der Waals surface area contributed by atoms with Crippen molar-refractivity contribution in [3.05, 3.63) is 52.7 Å². The van der Waals surface area contributed by atoms with Crippen LogP contribution >= 0.6 is 11.6 Å². The number of nitrogens with zero attached hydrogens (tertiary/aromatic N) is 1. The average molecular weight is 364 g/mol. The number of pyridine rings is 1. The molecule has 0 bridgehead atoms. The number of methoxy groups -OCH3 is 1. The average Bonchev–Trinajstić information content (AvgIpc) is 3.03. The first-order valence-electron chi connectivity index (χ1n) is 7.62. The van der Waals surface area contributed by atoms with E-state index in [0.29, 0.717) is 15.8 Å². The maximum absolute atomic E-state index is 11.6. The Morgan fingerprint density at radius 1 is 1.08 bits per heavy atom. The summed E-state index contributed by atoms with van der Waals surface area (Å²) in [6.07, 6.45) is 5.95. The predicted octanol–water partition coefficient (Wildman–Crippen LogP) is 4.24. The van der Waals surface area contributed by atoms with Gasteiger partial charge in [0.1, 0.15) is 5.02 Å². The summed E-state index contributed by atoms with van der Waals surface area (Å²) in [5.74, 6) is 0.415. The number of hydrogen-bond acceptors (Lipinski definition) is 4. The van der Waals surface area contributed by atoms with Crippen LogP contribution in [0.5, 0.6) is 5.88 Å². The minimum absolute atomic E-state index is 0.334. The molecular formula is C18H18ClNO3S. The maximum atomic E-state index is 11.6. The quantitative estimate of drug-likeness (QED) is 0.815. The number of sulfone groups is 1. The highest BCUT2D eigenvalue weighted by molar-refractivity contribution is 7.90. The van der Waals surface area contributed by atoms with Crippen molar-refractivity contribution >= 4 is 32.6 Å². The van der Waals surface area contributed by atoms with Crippen molar-refractivity contribution in [2.24, 2.45) is 0 Å². The normalized spacial score (nSPS) is 15.0. The Morgan fingerprint density at radius 2 is 1.71 bits per heavy atom. The third-order valence-electron chi connectivity index (χ3n) is 4.20. The van der Waals surface area contributed by atoms with Gasteiger partial charge in [-0.15, -0.1) is 0 Å². The summed E-state index contributed by atoms with van der Waals surface area (Å²) >= 11 is 6.20.